The molecule has 0 amide bonds. The molecule has 0 aliphatic rings. The number of benzene rings is 1. The topological polar surface area (TPSA) is 79.4 Å². The summed E-state index contributed by atoms with van der Waals surface area (Å²) in [4.78, 5) is 15.2. The van der Waals surface area contributed by atoms with Crippen LogP contribution in [0, 0.1) is 0 Å². The van der Waals surface area contributed by atoms with Crippen molar-refractivity contribution in [2.45, 2.75) is 6.61 Å². The highest BCUT2D eigenvalue weighted by molar-refractivity contribution is 5.86. The fraction of sp³-hybridized carbons (Fsp3) is 0.133. The summed E-state index contributed by atoms with van der Waals surface area (Å²) < 4.78 is 17.2. The van der Waals surface area contributed by atoms with Crippen LogP contribution in [0.15, 0.2) is 53.5 Å². The van der Waals surface area contributed by atoms with Crippen molar-refractivity contribution in [1.29, 1.82) is 0 Å². The number of esters is 1. The smallest absolute Gasteiger partial charge is 0.373 e. The first kappa shape index (κ1) is 13.9. The Morgan fingerprint density at radius 1 is 1.32 bits per heavy atom. The zero-order valence-corrected chi connectivity index (χ0v) is 11.8. The van der Waals surface area contributed by atoms with Crippen LogP contribution in [0.3, 0.4) is 0 Å². The molecule has 0 radical (unpaired) electrons. The van der Waals surface area contributed by atoms with Gasteiger partial charge in [0.2, 0.25) is 5.76 Å². The molecule has 0 aliphatic carbocycles. The molecule has 0 bridgehead atoms. The second-order valence-electron chi connectivity index (χ2n) is 4.38. The second-order valence-corrected chi connectivity index (χ2v) is 4.38. The number of methoxy groups -OCH3 is 1. The van der Waals surface area contributed by atoms with Gasteiger partial charge in [-0.1, -0.05) is 6.07 Å². The minimum Gasteiger partial charge on any atom is -0.486 e. The minimum absolute atomic E-state index is 0.150. The van der Waals surface area contributed by atoms with E-state index in [2.05, 4.69) is 14.8 Å². The van der Waals surface area contributed by atoms with Crippen LogP contribution in [0.4, 0.5) is 0 Å². The molecular formula is C15H13N3O4. The number of ether oxygens (including phenoxy) is 2. The molecule has 3 rings (SSSR count). The third-order valence-corrected chi connectivity index (χ3v) is 2.93. The summed E-state index contributed by atoms with van der Waals surface area (Å²) in [6.45, 7) is 0.206. The molecule has 1 aromatic carbocycles. The summed E-state index contributed by atoms with van der Waals surface area (Å²) in [6, 6.07) is 10.6. The minimum atomic E-state index is -0.514. The van der Waals surface area contributed by atoms with Gasteiger partial charge in [-0.3, -0.25) is 0 Å². The lowest BCUT2D eigenvalue weighted by molar-refractivity contribution is 0.0561. The third kappa shape index (κ3) is 2.98. The average Bonchev–Trinajstić information content (AvgIpc) is 3.24. The molecule has 0 atom stereocenters. The highest BCUT2D eigenvalue weighted by atomic mass is 16.5. The number of carbonyl (C=O) groups is 1. The molecule has 0 spiro atoms. The van der Waals surface area contributed by atoms with Gasteiger partial charge in [0.1, 0.15) is 30.8 Å². The van der Waals surface area contributed by atoms with Crippen LogP contribution in [-0.2, 0) is 11.3 Å². The van der Waals surface area contributed by atoms with Crippen molar-refractivity contribution >= 4 is 5.97 Å². The summed E-state index contributed by atoms with van der Waals surface area (Å²) in [6.07, 6.45) is 3.07. The highest BCUT2D eigenvalue weighted by Crippen LogP contribution is 2.18. The Hall–Kier alpha value is -3.09. The van der Waals surface area contributed by atoms with E-state index in [1.807, 2.05) is 24.3 Å². The Balaban J connectivity index is 1.68. The molecule has 2 heterocycles. The maximum atomic E-state index is 11.3. The number of aromatic nitrogens is 3. The number of nitrogens with zero attached hydrogens (tertiary/aromatic N) is 3. The maximum absolute atomic E-state index is 11.3. The lowest BCUT2D eigenvalue weighted by Gasteiger charge is -2.06. The van der Waals surface area contributed by atoms with Crippen LogP contribution in [0.1, 0.15) is 16.3 Å². The van der Waals surface area contributed by atoms with Crippen LogP contribution < -0.4 is 4.74 Å². The zero-order chi connectivity index (χ0) is 15.4. The van der Waals surface area contributed by atoms with Crippen molar-refractivity contribution in [3.8, 4) is 11.4 Å². The summed E-state index contributed by atoms with van der Waals surface area (Å²) in [5, 5.41) is 4.06. The van der Waals surface area contributed by atoms with Crippen molar-refractivity contribution in [2.24, 2.45) is 0 Å². The summed E-state index contributed by atoms with van der Waals surface area (Å²) in [5.41, 5.74) is 0.838. The van der Waals surface area contributed by atoms with Crippen LogP contribution in [-0.4, -0.2) is 27.8 Å². The van der Waals surface area contributed by atoms with Gasteiger partial charge in [-0.2, -0.15) is 5.10 Å². The third-order valence-electron chi connectivity index (χ3n) is 2.93. The lowest BCUT2D eigenvalue weighted by Crippen LogP contribution is -1.99. The van der Waals surface area contributed by atoms with E-state index in [4.69, 9.17) is 9.15 Å². The molecule has 112 valence electrons. The molecule has 7 nitrogen and oxygen atoms in total. The maximum Gasteiger partial charge on any atom is 0.373 e. The van der Waals surface area contributed by atoms with Crippen LogP contribution >= 0.6 is 0 Å². The molecule has 0 saturated heterocycles. The molecule has 0 N–H and O–H groups in total. The number of rotatable bonds is 5. The zero-order valence-electron chi connectivity index (χ0n) is 11.8. The summed E-state index contributed by atoms with van der Waals surface area (Å²) in [7, 11) is 1.30. The predicted octanol–water partition coefficient (Wildman–Crippen LogP) is 2.23. The van der Waals surface area contributed by atoms with Crippen molar-refractivity contribution < 1.29 is 18.7 Å². The van der Waals surface area contributed by atoms with Crippen molar-refractivity contribution in [2.75, 3.05) is 7.11 Å². The largest absolute Gasteiger partial charge is 0.486 e. The molecule has 0 unspecified atom stereocenters. The molecule has 0 fully saturated rings. The average molecular weight is 299 g/mol. The Labute approximate surface area is 126 Å². The predicted molar refractivity (Wildman–Crippen MR) is 75.7 cm³/mol. The van der Waals surface area contributed by atoms with Gasteiger partial charge in [-0.25, -0.2) is 14.5 Å². The number of hydrogen-bond acceptors (Lipinski definition) is 6. The quantitative estimate of drug-likeness (QED) is 0.672. The van der Waals surface area contributed by atoms with Gasteiger partial charge in [-0.15, -0.1) is 0 Å². The SMILES string of the molecule is COC(=O)c1ccc(COc2cccc(-n3cncn3)c2)o1. The molecule has 2 aromatic heterocycles. The number of furan rings is 1. The van der Waals surface area contributed by atoms with E-state index >= 15 is 0 Å². The van der Waals surface area contributed by atoms with Crippen molar-refractivity contribution in [3.63, 3.8) is 0 Å². The van der Waals surface area contributed by atoms with Gasteiger partial charge < -0.3 is 13.9 Å². The molecule has 0 aliphatic heterocycles. The first-order valence-electron chi connectivity index (χ1n) is 6.51. The van der Waals surface area contributed by atoms with Gasteiger partial charge in [0, 0.05) is 6.07 Å². The summed E-state index contributed by atoms with van der Waals surface area (Å²) in [5.74, 6) is 0.826. The second kappa shape index (κ2) is 6.13. The van der Waals surface area contributed by atoms with E-state index < -0.39 is 5.97 Å². The van der Waals surface area contributed by atoms with Gasteiger partial charge in [0.25, 0.3) is 0 Å². The van der Waals surface area contributed by atoms with E-state index in [9.17, 15) is 4.79 Å². The van der Waals surface area contributed by atoms with Gasteiger partial charge in [-0.05, 0) is 24.3 Å². The highest BCUT2D eigenvalue weighted by Gasteiger charge is 2.11. The van der Waals surface area contributed by atoms with E-state index in [0.29, 0.717) is 11.5 Å². The van der Waals surface area contributed by atoms with Crippen LogP contribution in [0.25, 0.3) is 5.69 Å². The van der Waals surface area contributed by atoms with Crippen LogP contribution in [0.5, 0.6) is 5.75 Å². The lowest BCUT2D eigenvalue weighted by atomic mass is 10.3. The monoisotopic (exact) mass is 299 g/mol. The van der Waals surface area contributed by atoms with E-state index in [0.717, 1.165) is 5.69 Å². The Morgan fingerprint density at radius 2 is 2.23 bits per heavy atom. The number of carbonyl (C=O) groups excluding carboxylic acids is 1. The fourth-order valence-electron chi connectivity index (χ4n) is 1.88. The molecular weight excluding hydrogens is 286 g/mol. The first-order valence-corrected chi connectivity index (χ1v) is 6.51. The number of hydrogen-bond donors (Lipinski definition) is 0. The molecule has 3 aromatic rings. The standard InChI is InChI=1S/C15H13N3O4/c1-20-15(19)14-6-5-13(22-14)8-21-12-4-2-3-11(7-12)18-10-16-9-17-18/h2-7,9-10H,8H2,1H3. The van der Waals surface area contributed by atoms with Crippen molar-refractivity contribution in [3.05, 3.63) is 60.6 Å². The summed E-state index contributed by atoms with van der Waals surface area (Å²) >= 11 is 0. The Morgan fingerprint density at radius 3 is 3.00 bits per heavy atom. The van der Waals surface area contributed by atoms with Gasteiger partial charge in [0.05, 0.1) is 12.8 Å². The van der Waals surface area contributed by atoms with Gasteiger partial charge >= 0.3 is 5.97 Å². The molecule has 22 heavy (non-hydrogen) atoms. The fourth-order valence-corrected chi connectivity index (χ4v) is 1.88. The van der Waals surface area contributed by atoms with Crippen molar-refractivity contribution in [1.82, 2.24) is 14.8 Å². The van der Waals surface area contributed by atoms with Crippen LogP contribution in [0.2, 0.25) is 0 Å². The Bertz CT molecular complexity index is 765. The Kier molecular flexibility index (Phi) is 3.86. The van der Waals surface area contributed by atoms with Gasteiger partial charge in [0.15, 0.2) is 0 Å². The molecule has 7 heteroatoms. The molecule has 0 saturated carbocycles. The van der Waals surface area contributed by atoms with E-state index in [1.54, 1.807) is 23.1 Å². The first-order chi connectivity index (χ1) is 10.8. The van der Waals surface area contributed by atoms with E-state index in [1.165, 1.54) is 13.4 Å². The van der Waals surface area contributed by atoms with E-state index in [-0.39, 0.29) is 12.4 Å². The normalized spacial score (nSPS) is 10.4.